The average molecular weight is 577 g/mol. The SMILES string of the molecule is CCn1c(=C(C#N)C(=O)NCC(F)(F)F)sc(=CNc2cccc(NC(=O)CN(C)c3ccc(F)cc3)c2)c1=O. The summed E-state index contributed by atoms with van der Waals surface area (Å²) in [6.07, 6.45) is -3.32. The molecule has 40 heavy (non-hydrogen) atoms. The summed E-state index contributed by atoms with van der Waals surface area (Å²) in [5.41, 5.74) is 0.455. The van der Waals surface area contributed by atoms with Crippen LogP contribution in [0.5, 0.6) is 0 Å². The number of nitrogens with zero attached hydrogens (tertiary/aromatic N) is 3. The van der Waals surface area contributed by atoms with Crippen molar-refractivity contribution in [3.63, 3.8) is 0 Å². The highest BCUT2D eigenvalue weighted by molar-refractivity contribution is 7.07. The molecular weight excluding hydrogens is 552 g/mol. The first-order chi connectivity index (χ1) is 18.9. The molecular formula is C26H24F4N6O3S. The number of rotatable bonds is 9. The molecule has 0 saturated carbocycles. The standard InChI is InChI=1S/C26H24F4N6O3S/c1-3-36-24(39)21(40-25(36)20(12-31)23(38)33-15-26(28,29)30)13-32-17-5-4-6-18(11-17)34-22(37)14-35(2)19-9-7-16(27)8-10-19/h4-11,13,32H,3,14-15H2,1-2H3,(H,33,38)(H,34,37). The Labute approximate surface area is 229 Å². The van der Waals surface area contributed by atoms with Gasteiger partial charge in [0.15, 0.2) is 5.57 Å². The van der Waals surface area contributed by atoms with Crippen molar-refractivity contribution < 1.29 is 27.2 Å². The zero-order valence-electron chi connectivity index (χ0n) is 21.3. The minimum atomic E-state index is -4.66. The second kappa shape index (κ2) is 12.9. The van der Waals surface area contributed by atoms with E-state index in [1.165, 1.54) is 18.3 Å². The Morgan fingerprint density at radius 1 is 1.15 bits per heavy atom. The number of aromatic nitrogens is 1. The van der Waals surface area contributed by atoms with Gasteiger partial charge in [0.1, 0.15) is 27.6 Å². The molecule has 2 amide bonds. The Morgan fingerprint density at radius 3 is 2.45 bits per heavy atom. The molecule has 0 saturated heterocycles. The second-order valence-corrected chi connectivity index (χ2v) is 9.39. The van der Waals surface area contributed by atoms with Crippen molar-refractivity contribution in [2.75, 3.05) is 35.7 Å². The fourth-order valence-corrected chi connectivity index (χ4v) is 4.58. The predicted octanol–water partition coefficient (Wildman–Crippen LogP) is 2.35. The third kappa shape index (κ3) is 7.93. The summed E-state index contributed by atoms with van der Waals surface area (Å²) in [5, 5.41) is 16.7. The van der Waals surface area contributed by atoms with E-state index in [-0.39, 0.29) is 34.0 Å². The Bertz CT molecular complexity index is 1610. The minimum absolute atomic E-state index is 0.00177. The van der Waals surface area contributed by atoms with E-state index in [0.717, 1.165) is 15.9 Å². The Hall–Kier alpha value is -4.64. The van der Waals surface area contributed by atoms with Crippen LogP contribution in [0.4, 0.5) is 34.6 Å². The van der Waals surface area contributed by atoms with Crippen LogP contribution in [0.3, 0.4) is 0 Å². The van der Waals surface area contributed by atoms with Crippen LogP contribution in [0, 0.1) is 17.1 Å². The molecule has 0 atom stereocenters. The Morgan fingerprint density at radius 2 is 1.82 bits per heavy atom. The smallest absolute Gasteiger partial charge is 0.365 e. The van der Waals surface area contributed by atoms with E-state index in [2.05, 4.69) is 10.6 Å². The number of carbonyl (C=O) groups is 2. The molecule has 0 aliphatic rings. The van der Waals surface area contributed by atoms with Gasteiger partial charge < -0.3 is 20.9 Å². The van der Waals surface area contributed by atoms with Crippen molar-refractivity contribution in [3.05, 3.63) is 73.9 Å². The molecule has 3 rings (SSSR count). The first-order valence-corrected chi connectivity index (χ1v) is 12.6. The summed E-state index contributed by atoms with van der Waals surface area (Å²) < 4.78 is 51.7. The van der Waals surface area contributed by atoms with Gasteiger partial charge >= 0.3 is 6.18 Å². The maximum Gasteiger partial charge on any atom is 0.405 e. The first-order valence-electron chi connectivity index (χ1n) is 11.7. The normalized spacial score (nSPS) is 12.4. The van der Waals surface area contributed by atoms with Crippen molar-refractivity contribution in [3.8, 4) is 6.07 Å². The Kier molecular flexibility index (Phi) is 9.68. The fraction of sp³-hybridized carbons (Fsp3) is 0.231. The first kappa shape index (κ1) is 29.9. The van der Waals surface area contributed by atoms with Crippen molar-refractivity contribution in [1.82, 2.24) is 9.88 Å². The molecule has 0 aliphatic carbocycles. The maximum atomic E-state index is 13.1. The Balaban J connectivity index is 1.79. The molecule has 3 aromatic rings. The molecule has 210 valence electrons. The zero-order chi connectivity index (χ0) is 29.4. The molecule has 2 aromatic carbocycles. The zero-order valence-corrected chi connectivity index (χ0v) is 22.1. The van der Waals surface area contributed by atoms with E-state index in [0.29, 0.717) is 17.1 Å². The number of nitrogens with one attached hydrogen (secondary N) is 3. The number of alkyl halides is 3. The molecule has 1 aromatic heterocycles. The lowest BCUT2D eigenvalue weighted by Crippen LogP contribution is -2.37. The van der Waals surface area contributed by atoms with Crippen molar-refractivity contribution in [2.24, 2.45) is 0 Å². The summed E-state index contributed by atoms with van der Waals surface area (Å²) >= 11 is 0.777. The largest absolute Gasteiger partial charge is 0.405 e. The molecule has 0 fully saturated rings. The van der Waals surface area contributed by atoms with E-state index in [9.17, 15) is 37.2 Å². The predicted molar refractivity (Wildman–Crippen MR) is 144 cm³/mol. The summed E-state index contributed by atoms with van der Waals surface area (Å²) in [6.45, 7) is 0.0497. The van der Waals surface area contributed by atoms with Crippen molar-refractivity contribution in [2.45, 2.75) is 19.6 Å². The number of hydrogen-bond acceptors (Lipinski definition) is 7. The van der Waals surface area contributed by atoms with Gasteiger partial charge in [-0.15, -0.1) is 11.3 Å². The van der Waals surface area contributed by atoms with E-state index in [1.807, 2.05) is 0 Å². The van der Waals surface area contributed by atoms with Crippen LogP contribution >= 0.6 is 11.3 Å². The van der Waals surface area contributed by atoms with Crippen LogP contribution in [0.2, 0.25) is 0 Å². The summed E-state index contributed by atoms with van der Waals surface area (Å²) in [7, 11) is 1.69. The molecule has 14 heteroatoms. The third-order valence-corrected chi connectivity index (χ3v) is 6.52. The maximum absolute atomic E-state index is 13.1. The number of anilines is 3. The van der Waals surface area contributed by atoms with Gasteiger partial charge in [-0.1, -0.05) is 6.07 Å². The number of hydrogen-bond donors (Lipinski definition) is 3. The van der Waals surface area contributed by atoms with Crippen LogP contribution in [-0.2, 0) is 16.1 Å². The van der Waals surface area contributed by atoms with E-state index >= 15 is 0 Å². The van der Waals surface area contributed by atoms with E-state index in [1.54, 1.807) is 66.7 Å². The van der Waals surface area contributed by atoms with Crippen LogP contribution in [-0.4, -0.2) is 42.7 Å². The molecule has 0 radical (unpaired) electrons. The molecule has 9 nitrogen and oxygen atoms in total. The third-order valence-electron chi connectivity index (χ3n) is 5.39. The highest BCUT2D eigenvalue weighted by atomic mass is 32.1. The van der Waals surface area contributed by atoms with Gasteiger partial charge in [-0.05, 0) is 49.4 Å². The van der Waals surface area contributed by atoms with Crippen molar-refractivity contribution in [1.29, 1.82) is 5.26 Å². The molecule has 0 unspecified atom stereocenters. The molecule has 0 spiro atoms. The topological polar surface area (TPSA) is 119 Å². The number of amides is 2. The fourth-order valence-electron chi connectivity index (χ4n) is 3.50. The number of halogens is 4. The van der Waals surface area contributed by atoms with E-state index < -0.39 is 29.8 Å². The molecule has 3 N–H and O–H groups in total. The second-order valence-electron chi connectivity index (χ2n) is 8.36. The molecule has 1 heterocycles. The van der Waals surface area contributed by atoms with Crippen LogP contribution in [0.25, 0.3) is 11.8 Å². The lowest BCUT2D eigenvalue weighted by Gasteiger charge is -2.18. The summed E-state index contributed by atoms with van der Waals surface area (Å²) in [6, 6.07) is 13.9. The lowest BCUT2D eigenvalue weighted by atomic mass is 10.2. The average Bonchev–Trinajstić information content (AvgIpc) is 3.21. The number of nitriles is 1. The van der Waals surface area contributed by atoms with E-state index in [4.69, 9.17) is 0 Å². The number of thiazole rings is 1. The monoisotopic (exact) mass is 576 g/mol. The van der Waals surface area contributed by atoms with Gasteiger partial charge in [0, 0.05) is 36.9 Å². The molecule has 0 bridgehead atoms. The van der Waals surface area contributed by atoms with Crippen LogP contribution in [0.15, 0.2) is 53.3 Å². The highest BCUT2D eigenvalue weighted by Gasteiger charge is 2.29. The van der Waals surface area contributed by atoms with Gasteiger partial charge in [0.2, 0.25) is 5.91 Å². The van der Waals surface area contributed by atoms with Gasteiger partial charge in [-0.25, -0.2) is 4.39 Å². The number of benzene rings is 2. The van der Waals surface area contributed by atoms with Crippen LogP contribution < -0.4 is 35.6 Å². The van der Waals surface area contributed by atoms with Gasteiger partial charge in [0.25, 0.3) is 11.5 Å². The van der Waals surface area contributed by atoms with Crippen molar-refractivity contribution >= 4 is 52.0 Å². The lowest BCUT2D eigenvalue weighted by molar-refractivity contribution is -0.135. The summed E-state index contributed by atoms with van der Waals surface area (Å²) in [4.78, 5) is 39.2. The van der Waals surface area contributed by atoms with Gasteiger partial charge in [-0.2, -0.15) is 18.4 Å². The quantitative estimate of drug-likeness (QED) is 0.337. The summed E-state index contributed by atoms with van der Waals surface area (Å²) in [5.74, 6) is -1.95. The van der Waals surface area contributed by atoms with Gasteiger partial charge in [-0.3, -0.25) is 19.0 Å². The minimum Gasteiger partial charge on any atom is -0.365 e. The number of likely N-dealkylation sites (N-methyl/N-ethyl adjacent to an activating group) is 1. The molecule has 0 aliphatic heterocycles. The van der Waals surface area contributed by atoms with Crippen LogP contribution in [0.1, 0.15) is 6.92 Å². The highest BCUT2D eigenvalue weighted by Crippen LogP contribution is 2.17. The van der Waals surface area contributed by atoms with Gasteiger partial charge in [0.05, 0.1) is 6.54 Å². The number of carbonyl (C=O) groups excluding carboxylic acids is 2.